The van der Waals surface area contributed by atoms with Crippen molar-refractivity contribution in [3.8, 4) is 0 Å². The molecule has 0 aromatic heterocycles. The Bertz CT molecular complexity index is 1860. The lowest BCUT2D eigenvalue weighted by Gasteiger charge is -2.51. The molecule has 7 rings (SSSR count). The Hall–Kier alpha value is -4.97. The third-order valence-electron chi connectivity index (χ3n) is 10.8. The lowest BCUT2D eigenvalue weighted by molar-refractivity contribution is -0.182. The molecular weight excluding hydrogens is 586 g/mol. The average molecular weight is 626 g/mol. The van der Waals surface area contributed by atoms with Gasteiger partial charge in [0.15, 0.2) is 0 Å². The third-order valence-corrected chi connectivity index (χ3v) is 10.8. The highest BCUT2D eigenvalue weighted by Crippen LogP contribution is 2.77. The van der Waals surface area contributed by atoms with Crippen molar-refractivity contribution in [1.82, 2.24) is 0 Å². The lowest BCUT2D eigenvalue weighted by Crippen LogP contribution is -2.69. The number of allylic oxidation sites excluding steroid dienone is 1. The highest BCUT2D eigenvalue weighted by atomic mass is 16.6. The molecular formula is C41H39NO5. The van der Waals surface area contributed by atoms with E-state index in [2.05, 4.69) is 0 Å². The van der Waals surface area contributed by atoms with Gasteiger partial charge in [0, 0.05) is 18.1 Å². The number of aryl methyl sites for hydroxylation is 4. The van der Waals surface area contributed by atoms with E-state index in [9.17, 15) is 9.59 Å². The van der Waals surface area contributed by atoms with Gasteiger partial charge in [0.25, 0.3) is 0 Å². The average Bonchev–Trinajstić information content (AvgIpc) is 3.67. The predicted molar refractivity (Wildman–Crippen MR) is 179 cm³/mol. The number of carbonyl (C=O) groups excluding carboxylic acids is 3. The van der Waals surface area contributed by atoms with Gasteiger partial charge in [-0.1, -0.05) is 125 Å². The lowest BCUT2D eigenvalue weighted by atomic mass is 9.48. The normalized spacial score (nSPS) is 23.6. The van der Waals surface area contributed by atoms with E-state index in [0.717, 1.165) is 50.9 Å². The van der Waals surface area contributed by atoms with Crippen molar-refractivity contribution in [2.24, 2.45) is 11.1 Å². The molecule has 1 amide bonds. The number of nitrogens with two attached hydrogens (primary N) is 1. The first kappa shape index (κ1) is 30.7. The summed E-state index contributed by atoms with van der Waals surface area (Å²) in [6.45, 7) is 9.27. The van der Waals surface area contributed by atoms with Crippen LogP contribution in [0.4, 0.5) is 0 Å². The largest absolute Gasteiger partial charge is 0.448 e. The molecule has 1 fully saturated rings. The first-order chi connectivity index (χ1) is 22.5. The molecule has 1 heterocycles. The second-order valence-corrected chi connectivity index (χ2v) is 13.5. The molecule has 0 saturated carbocycles. The van der Waals surface area contributed by atoms with E-state index in [4.69, 9.17) is 15.2 Å². The topological polar surface area (TPSA) is 95.7 Å². The van der Waals surface area contributed by atoms with E-state index in [0.29, 0.717) is 24.0 Å². The van der Waals surface area contributed by atoms with Crippen molar-refractivity contribution >= 4 is 17.8 Å². The summed E-state index contributed by atoms with van der Waals surface area (Å²) in [7, 11) is 0. The molecule has 0 radical (unpaired) electrons. The van der Waals surface area contributed by atoms with Gasteiger partial charge in [-0.25, -0.2) is 0 Å². The molecule has 0 unspecified atom stereocenters. The molecule has 238 valence electrons. The summed E-state index contributed by atoms with van der Waals surface area (Å²) in [6, 6.07) is 31.2. The van der Waals surface area contributed by atoms with Crippen LogP contribution in [0.15, 0.2) is 108 Å². The number of hydrogen-bond acceptors (Lipinski definition) is 5. The van der Waals surface area contributed by atoms with Gasteiger partial charge in [0.05, 0.1) is 5.41 Å². The van der Waals surface area contributed by atoms with Crippen LogP contribution < -0.4 is 5.73 Å². The van der Waals surface area contributed by atoms with Crippen LogP contribution in [-0.2, 0) is 34.9 Å². The first-order valence-corrected chi connectivity index (χ1v) is 16.2. The highest BCUT2D eigenvalue weighted by Gasteiger charge is 2.92. The van der Waals surface area contributed by atoms with Gasteiger partial charge in [0.1, 0.15) is 0 Å². The first-order valence-electron chi connectivity index (χ1n) is 16.2. The second kappa shape index (κ2) is 10.5. The monoisotopic (exact) mass is 625 g/mol. The molecule has 3 aliphatic rings. The minimum absolute atomic E-state index is 0.493. The fourth-order valence-electron chi connectivity index (χ4n) is 9.03. The van der Waals surface area contributed by atoms with Crippen LogP contribution in [0.5, 0.6) is 0 Å². The number of fused-ring (bicyclic) bond motifs is 2. The maximum Gasteiger partial charge on any atom is 0.329 e. The van der Waals surface area contributed by atoms with E-state index < -0.39 is 39.9 Å². The smallest absolute Gasteiger partial charge is 0.329 e. The van der Waals surface area contributed by atoms with Gasteiger partial charge in [0.2, 0.25) is 22.5 Å². The summed E-state index contributed by atoms with van der Waals surface area (Å²) < 4.78 is 13.6. The number of esters is 2. The Labute approximate surface area is 275 Å². The zero-order chi connectivity index (χ0) is 33.4. The summed E-state index contributed by atoms with van der Waals surface area (Å²) in [5, 5.41) is 0. The van der Waals surface area contributed by atoms with Crippen LogP contribution in [0.3, 0.4) is 0 Å². The molecule has 2 aliphatic carbocycles. The van der Waals surface area contributed by atoms with Gasteiger partial charge in [-0.05, 0) is 63.7 Å². The molecule has 1 aliphatic heterocycles. The Morgan fingerprint density at radius 3 is 1.40 bits per heavy atom. The zero-order valence-corrected chi connectivity index (χ0v) is 27.5. The Balaban J connectivity index is 1.75. The Morgan fingerprint density at radius 1 is 0.638 bits per heavy atom. The molecule has 2 N–H and O–H groups in total. The van der Waals surface area contributed by atoms with Crippen molar-refractivity contribution in [2.75, 3.05) is 0 Å². The Kier molecular flexibility index (Phi) is 6.87. The van der Waals surface area contributed by atoms with Crippen LogP contribution in [0, 0.1) is 33.1 Å². The van der Waals surface area contributed by atoms with Crippen LogP contribution in [0.2, 0.25) is 0 Å². The summed E-state index contributed by atoms with van der Waals surface area (Å²) in [4.78, 5) is 44.0. The van der Waals surface area contributed by atoms with E-state index in [1.54, 1.807) is 0 Å². The minimum Gasteiger partial charge on any atom is -0.448 e. The van der Waals surface area contributed by atoms with Crippen molar-refractivity contribution in [3.63, 3.8) is 0 Å². The molecule has 47 heavy (non-hydrogen) atoms. The number of primary amides is 1. The van der Waals surface area contributed by atoms with Gasteiger partial charge >= 0.3 is 11.9 Å². The number of rotatable bonds is 6. The van der Waals surface area contributed by atoms with E-state index in [-0.39, 0.29) is 0 Å². The van der Waals surface area contributed by atoms with Crippen LogP contribution in [-0.4, -0.2) is 23.4 Å². The van der Waals surface area contributed by atoms with Crippen LogP contribution >= 0.6 is 0 Å². The molecule has 1 saturated heterocycles. The van der Waals surface area contributed by atoms with Gasteiger partial charge in [-0.2, -0.15) is 0 Å². The number of cyclic esters (lactones) is 1. The third kappa shape index (κ3) is 3.70. The van der Waals surface area contributed by atoms with Crippen molar-refractivity contribution in [1.29, 1.82) is 0 Å². The number of ether oxygens (including phenoxy) is 2. The standard InChI is InChI=1S/C41H39NO5/c1-25-9-17-30(18-10-25)38(31-19-11-26(2)12-20-31)34-7-6-8-35(34)41(46-29(5)43)39(38,36(42)44)37(45)47-40(41,32-21-13-27(3)14-22-32)33-23-15-28(4)16-24-33/h9-24H,6-8H2,1-5H3,(H2,42,44)/t39-,41-/m0/s1. The number of hydrogen-bond donors (Lipinski definition) is 1. The SMILES string of the molecule is CC(=O)O[C@@]12C3=C(CCC3)C(c3ccc(C)cc3)(c3ccc(C)cc3)[C@]1(C(N)=O)C(=O)OC2(c1ccc(C)cc1)c1ccc(C)cc1. The van der Waals surface area contributed by atoms with Gasteiger partial charge in [-0.15, -0.1) is 0 Å². The molecule has 4 aromatic carbocycles. The molecule has 6 heteroatoms. The van der Waals surface area contributed by atoms with Crippen molar-refractivity contribution in [3.05, 3.63) is 153 Å². The maximum absolute atomic E-state index is 15.5. The van der Waals surface area contributed by atoms with E-state index >= 15 is 4.79 Å². The summed E-state index contributed by atoms with van der Waals surface area (Å²) in [5.74, 6) is -2.36. The molecule has 6 nitrogen and oxygen atoms in total. The summed E-state index contributed by atoms with van der Waals surface area (Å²) in [5.41, 5.74) is 7.62. The number of carbonyl (C=O) groups is 3. The number of benzene rings is 4. The Morgan fingerprint density at radius 2 is 1.02 bits per heavy atom. The highest BCUT2D eigenvalue weighted by molar-refractivity contribution is 6.12. The fourth-order valence-corrected chi connectivity index (χ4v) is 9.03. The molecule has 0 spiro atoms. The minimum atomic E-state index is -2.21. The van der Waals surface area contributed by atoms with E-state index in [1.165, 1.54) is 6.92 Å². The second-order valence-electron chi connectivity index (χ2n) is 13.5. The van der Waals surface area contributed by atoms with Crippen molar-refractivity contribution in [2.45, 2.75) is 70.5 Å². The van der Waals surface area contributed by atoms with Crippen LogP contribution in [0.25, 0.3) is 0 Å². The van der Waals surface area contributed by atoms with Crippen LogP contribution in [0.1, 0.15) is 70.7 Å². The summed E-state index contributed by atoms with van der Waals surface area (Å²) >= 11 is 0. The van der Waals surface area contributed by atoms with E-state index in [1.807, 2.05) is 125 Å². The van der Waals surface area contributed by atoms with Crippen molar-refractivity contribution < 1.29 is 23.9 Å². The quantitative estimate of drug-likeness (QED) is 0.142. The molecule has 0 bridgehead atoms. The maximum atomic E-state index is 15.5. The summed E-state index contributed by atoms with van der Waals surface area (Å²) in [6.07, 6.45) is 1.82. The predicted octanol–water partition coefficient (Wildman–Crippen LogP) is 6.97. The molecule has 2 atom stereocenters. The molecule has 4 aromatic rings. The zero-order valence-electron chi connectivity index (χ0n) is 27.5. The number of amides is 1. The van der Waals surface area contributed by atoms with Gasteiger partial charge < -0.3 is 15.2 Å². The van der Waals surface area contributed by atoms with Gasteiger partial charge in [-0.3, -0.25) is 14.4 Å². The fraction of sp³-hybridized carbons (Fsp3) is 0.293.